The molecule has 0 atom stereocenters. The van der Waals surface area contributed by atoms with Crippen LogP contribution < -0.4 is 0 Å². The van der Waals surface area contributed by atoms with Crippen LogP contribution in [-0.2, 0) is 0 Å². The fourth-order valence-corrected chi connectivity index (χ4v) is 5.07. The average Bonchev–Trinajstić information content (AvgIpc) is 3.23. The van der Waals surface area contributed by atoms with Crippen LogP contribution in [0.2, 0.25) is 0 Å². The number of hydrogen-bond donors (Lipinski definition) is 0. The zero-order valence-corrected chi connectivity index (χ0v) is 17.5. The second-order valence-corrected chi connectivity index (χ2v) is 8.60. The number of benzene rings is 4. The SMILES string of the molecule is c1ccc(-c2ccc(-c3nccc(-c4ccc5sc6ccccc6c5c4)n3)cc2)cc1. The van der Waals surface area contributed by atoms with E-state index in [2.05, 4.69) is 96.0 Å². The summed E-state index contributed by atoms with van der Waals surface area (Å²) in [5.74, 6) is 0.743. The average molecular weight is 415 g/mol. The van der Waals surface area contributed by atoms with Gasteiger partial charge in [0.15, 0.2) is 5.82 Å². The van der Waals surface area contributed by atoms with Crippen molar-refractivity contribution in [3.8, 4) is 33.8 Å². The Labute approximate surface area is 184 Å². The summed E-state index contributed by atoms with van der Waals surface area (Å²) in [4.78, 5) is 9.41. The van der Waals surface area contributed by atoms with Crippen molar-refractivity contribution in [1.29, 1.82) is 0 Å². The topological polar surface area (TPSA) is 25.8 Å². The maximum atomic E-state index is 4.88. The summed E-state index contributed by atoms with van der Waals surface area (Å²) in [6, 6.07) is 36.0. The Morgan fingerprint density at radius 2 is 1.19 bits per heavy atom. The van der Waals surface area contributed by atoms with Gasteiger partial charge < -0.3 is 0 Å². The predicted molar refractivity (Wildman–Crippen MR) is 131 cm³/mol. The molecule has 2 nitrogen and oxygen atoms in total. The quantitative estimate of drug-likeness (QED) is 0.295. The molecule has 0 bridgehead atoms. The smallest absolute Gasteiger partial charge is 0.159 e. The summed E-state index contributed by atoms with van der Waals surface area (Å²) >= 11 is 1.83. The minimum atomic E-state index is 0.743. The van der Waals surface area contributed by atoms with Gasteiger partial charge in [-0.25, -0.2) is 9.97 Å². The molecule has 0 unspecified atom stereocenters. The van der Waals surface area contributed by atoms with E-state index in [0.717, 1.165) is 22.6 Å². The van der Waals surface area contributed by atoms with Crippen molar-refractivity contribution in [3.63, 3.8) is 0 Å². The third-order valence-corrected chi connectivity index (χ3v) is 6.73. The molecule has 0 aliphatic carbocycles. The van der Waals surface area contributed by atoms with Crippen molar-refractivity contribution in [3.05, 3.63) is 109 Å². The first-order valence-corrected chi connectivity index (χ1v) is 11.1. The van der Waals surface area contributed by atoms with Gasteiger partial charge in [0.2, 0.25) is 0 Å². The van der Waals surface area contributed by atoms with Gasteiger partial charge in [-0.1, -0.05) is 78.9 Å². The van der Waals surface area contributed by atoms with E-state index in [9.17, 15) is 0 Å². The third-order valence-electron chi connectivity index (χ3n) is 5.58. The maximum Gasteiger partial charge on any atom is 0.159 e. The predicted octanol–water partition coefficient (Wildman–Crippen LogP) is 7.85. The molecule has 0 saturated heterocycles. The van der Waals surface area contributed by atoms with Gasteiger partial charge in [-0.05, 0) is 35.4 Å². The first-order chi connectivity index (χ1) is 15.3. The number of rotatable bonds is 3. The molecule has 0 fully saturated rings. The number of hydrogen-bond acceptors (Lipinski definition) is 3. The lowest BCUT2D eigenvalue weighted by atomic mass is 10.0. The molecular weight excluding hydrogens is 396 g/mol. The molecule has 0 aliphatic heterocycles. The molecule has 0 aliphatic rings. The highest BCUT2D eigenvalue weighted by Crippen LogP contribution is 2.36. The second-order valence-electron chi connectivity index (χ2n) is 7.52. The Balaban J connectivity index is 1.38. The molecule has 6 rings (SSSR count). The highest BCUT2D eigenvalue weighted by Gasteiger charge is 2.09. The second kappa shape index (κ2) is 7.46. The summed E-state index contributed by atoms with van der Waals surface area (Å²) in [6.45, 7) is 0. The Morgan fingerprint density at radius 1 is 0.516 bits per heavy atom. The van der Waals surface area contributed by atoms with Gasteiger partial charge in [0, 0.05) is 37.5 Å². The van der Waals surface area contributed by atoms with E-state index < -0.39 is 0 Å². The molecule has 4 aromatic carbocycles. The van der Waals surface area contributed by atoms with Crippen LogP contribution >= 0.6 is 11.3 Å². The van der Waals surface area contributed by atoms with E-state index in [-0.39, 0.29) is 0 Å². The van der Waals surface area contributed by atoms with Crippen molar-refractivity contribution < 1.29 is 0 Å². The molecule has 0 spiro atoms. The normalized spacial score (nSPS) is 11.2. The number of fused-ring (bicyclic) bond motifs is 3. The molecule has 31 heavy (non-hydrogen) atoms. The summed E-state index contributed by atoms with van der Waals surface area (Å²) in [6.07, 6.45) is 1.85. The van der Waals surface area contributed by atoms with Crippen LogP contribution in [0.5, 0.6) is 0 Å². The van der Waals surface area contributed by atoms with E-state index in [0.29, 0.717) is 0 Å². The molecule has 0 saturated carbocycles. The monoisotopic (exact) mass is 414 g/mol. The Kier molecular flexibility index (Phi) is 4.33. The number of nitrogens with zero attached hydrogens (tertiary/aromatic N) is 2. The van der Waals surface area contributed by atoms with Gasteiger partial charge in [-0.15, -0.1) is 11.3 Å². The molecule has 2 aromatic heterocycles. The lowest BCUT2D eigenvalue weighted by Crippen LogP contribution is -1.91. The molecule has 0 amide bonds. The molecule has 2 heterocycles. The van der Waals surface area contributed by atoms with Crippen molar-refractivity contribution in [2.24, 2.45) is 0 Å². The van der Waals surface area contributed by atoms with E-state index in [1.54, 1.807) is 0 Å². The summed E-state index contributed by atoms with van der Waals surface area (Å²) in [5.41, 5.74) is 5.47. The van der Waals surface area contributed by atoms with Crippen LogP contribution in [0.15, 0.2) is 109 Å². The van der Waals surface area contributed by atoms with E-state index >= 15 is 0 Å². The van der Waals surface area contributed by atoms with Gasteiger partial charge in [0.1, 0.15) is 0 Å². The summed E-state index contributed by atoms with van der Waals surface area (Å²) in [5, 5.41) is 2.58. The Bertz CT molecular complexity index is 1520. The molecular formula is C28H18N2S. The van der Waals surface area contributed by atoms with Crippen LogP contribution in [0.4, 0.5) is 0 Å². The zero-order valence-electron chi connectivity index (χ0n) is 16.7. The Hall–Kier alpha value is -3.82. The Morgan fingerprint density at radius 3 is 2.06 bits per heavy atom. The first kappa shape index (κ1) is 18.0. The molecule has 146 valence electrons. The van der Waals surface area contributed by atoms with Crippen LogP contribution in [0, 0.1) is 0 Å². The van der Waals surface area contributed by atoms with Crippen LogP contribution in [-0.4, -0.2) is 9.97 Å². The van der Waals surface area contributed by atoms with Gasteiger partial charge in [-0.3, -0.25) is 0 Å². The highest BCUT2D eigenvalue weighted by molar-refractivity contribution is 7.25. The molecule has 6 aromatic rings. The minimum absolute atomic E-state index is 0.743. The van der Waals surface area contributed by atoms with Gasteiger partial charge >= 0.3 is 0 Å². The van der Waals surface area contributed by atoms with Crippen LogP contribution in [0.3, 0.4) is 0 Å². The molecule has 3 heteroatoms. The fourth-order valence-electron chi connectivity index (χ4n) is 3.99. The van der Waals surface area contributed by atoms with E-state index in [1.165, 1.54) is 31.3 Å². The number of aromatic nitrogens is 2. The van der Waals surface area contributed by atoms with Gasteiger partial charge in [0.25, 0.3) is 0 Å². The molecule has 0 N–H and O–H groups in total. The van der Waals surface area contributed by atoms with Crippen molar-refractivity contribution in [2.75, 3.05) is 0 Å². The largest absolute Gasteiger partial charge is 0.237 e. The van der Waals surface area contributed by atoms with E-state index in [4.69, 9.17) is 4.98 Å². The van der Waals surface area contributed by atoms with Crippen LogP contribution in [0.1, 0.15) is 0 Å². The lowest BCUT2D eigenvalue weighted by molar-refractivity contribution is 1.18. The molecule has 0 radical (unpaired) electrons. The standard InChI is InChI=1S/C28H18N2S/c1-2-6-19(7-3-1)20-10-12-21(13-11-20)28-29-17-16-25(30-28)22-14-15-27-24(18-22)23-8-4-5-9-26(23)31-27/h1-18H. The number of thiophene rings is 1. The first-order valence-electron chi connectivity index (χ1n) is 10.3. The lowest BCUT2D eigenvalue weighted by Gasteiger charge is -2.06. The van der Waals surface area contributed by atoms with Crippen molar-refractivity contribution in [1.82, 2.24) is 9.97 Å². The van der Waals surface area contributed by atoms with Gasteiger partial charge in [0.05, 0.1) is 5.69 Å². The highest BCUT2D eigenvalue weighted by atomic mass is 32.1. The summed E-state index contributed by atoms with van der Waals surface area (Å²) < 4.78 is 2.62. The summed E-state index contributed by atoms with van der Waals surface area (Å²) in [7, 11) is 0. The minimum Gasteiger partial charge on any atom is -0.237 e. The van der Waals surface area contributed by atoms with Crippen molar-refractivity contribution in [2.45, 2.75) is 0 Å². The van der Waals surface area contributed by atoms with Crippen LogP contribution in [0.25, 0.3) is 53.9 Å². The van der Waals surface area contributed by atoms with Gasteiger partial charge in [-0.2, -0.15) is 0 Å². The fraction of sp³-hybridized carbons (Fsp3) is 0. The maximum absolute atomic E-state index is 4.88. The van der Waals surface area contributed by atoms with Crippen molar-refractivity contribution >= 4 is 31.5 Å². The van der Waals surface area contributed by atoms with E-state index in [1.807, 2.05) is 29.7 Å². The third kappa shape index (κ3) is 3.29. The zero-order chi connectivity index (χ0) is 20.6.